The fourth-order valence-electron chi connectivity index (χ4n) is 2.18. The summed E-state index contributed by atoms with van der Waals surface area (Å²) in [6.45, 7) is 1.80. The molecule has 0 amide bonds. The van der Waals surface area contributed by atoms with Gasteiger partial charge in [0.05, 0.1) is 6.10 Å². The fourth-order valence-corrected chi connectivity index (χ4v) is 2.43. The Bertz CT molecular complexity index is 519. The topological polar surface area (TPSA) is 21.3 Å². The minimum Gasteiger partial charge on any atom is -0.363 e. The molecule has 0 saturated carbocycles. The highest BCUT2D eigenvalue weighted by molar-refractivity contribution is 6.30. The quantitative estimate of drug-likeness (QED) is 0.919. The molecule has 2 aromatic rings. The van der Waals surface area contributed by atoms with Gasteiger partial charge in [-0.2, -0.15) is 0 Å². The summed E-state index contributed by atoms with van der Waals surface area (Å²) in [6.07, 6.45) is 0.169. The number of hydrogen-bond donors (Lipinski definition) is 1. The molecule has 1 aliphatic rings. The molecule has 1 aliphatic heterocycles. The molecule has 1 saturated heterocycles. The molecule has 0 spiro atoms. The van der Waals surface area contributed by atoms with E-state index in [0.717, 1.165) is 34.3 Å². The second kappa shape index (κ2) is 6.15. The van der Waals surface area contributed by atoms with Crippen LogP contribution in [0.3, 0.4) is 0 Å². The summed E-state index contributed by atoms with van der Waals surface area (Å²) in [6, 6.07) is 15.6. The number of halogens is 2. The first-order chi connectivity index (χ1) is 9.72. The fraction of sp³-hybridized carbons (Fsp3) is 0.250. The van der Waals surface area contributed by atoms with Gasteiger partial charge in [-0.3, -0.25) is 0 Å². The largest absolute Gasteiger partial charge is 0.363 e. The van der Waals surface area contributed by atoms with E-state index in [1.165, 1.54) is 0 Å². The Labute approximate surface area is 128 Å². The van der Waals surface area contributed by atoms with Crippen LogP contribution >= 0.6 is 23.2 Å². The molecule has 20 heavy (non-hydrogen) atoms. The summed E-state index contributed by atoms with van der Waals surface area (Å²) in [5.41, 5.74) is 2.20. The molecule has 0 aromatic heterocycles. The van der Waals surface area contributed by atoms with Crippen LogP contribution in [-0.4, -0.2) is 19.2 Å². The standard InChI is InChI=1S/C16H15Cl2NO/c17-13-5-1-11(2-6-13)16(20-15-9-19-10-15)12-3-7-14(18)8-4-12/h1-8,15-16,19H,9-10H2. The maximum Gasteiger partial charge on any atom is 0.108 e. The first-order valence-electron chi connectivity index (χ1n) is 6.59. The van der Waals surface area contributed by atoms with Crippen LogP contribution in [0.4, 0.5) is 0 Å². The van der Waals surface area contributed by atoms with Crippen LogP contribution < -0.4 is 5.32 Å². The van der Waals surface area contributed by atoms with Gasteiger partial charge in [0.15, 0.2) is 0 Å². The van der Waals surface area contributed by atoms with E-state index in [1.807, 2.05) is 48.5 Å². The molecule has 1 fully saturated rings. The van der Waals surface area contributed by atoms with Crippen LogP contribution in [0.1, 0.15) is 17.2 Å². The van der Waals surface area contributed by atoms with Crippen molar-refractivity contribution in [3.8, 4) is 0 Å². The molecule has 0 bridgehead atoms. The van der Waals surface area contributed by atoms with Crippen LogP contribution in [0.15, 0.2) is 48.5 Å². The highest BCUT2D eigenvalue weighted by Gasteiger charge is 2.24. The van der Waals surface area contributed by atoms with Gasteiger partial charge < -0.3 is 10.1 Å². The zero-order chi connectivity index (χ0) is 13.9. The molecule has 2 aromatic carbocycles. The Balaban J connectivity index is 1.89. The highest BCUT2D eigenvalue weighted by atomic mass is 35.5. The lowest BCUT2D eigenvalue weighted by Crippen LogP contribution is -2.49. The predicted molar refractivity (Wildman–Crippen MR) is 82.5 cm³/mol. The predicted octanol–water partition coefficient (Wildman–Crippen LogP) is 4.07. The van der Waals surface area contributed by atoms with Crippen molar-refractivity contribution in [2.24, 2.45) is 0 Å². The minimum absolute atomic E-state index is 0.0865. The Kier molecular flexibility index (Phi) is 4.27. The maximum absolute atomic E-state index is 6.19. The van der Waals surface area contributed by atoms with Crippen molar-refractivity contribution in [3.05, 3.63) is 69.7 Å². The smallest absolute Gasteiger partial charge is 0.108 e. The molecule has 1 N–H and O–H groups in total. The second-order valence-electron chi connectivity index (χ2n) is 4.90. The summed E-state index contributed by atoms with van der Waals surface area (Å²) in [4.78, 5) is 0. The molecule has 3 rings (SSSR count). The lowest BCUT2D eigenvalue weighted by atomic mass is 10.0. The van der Waals surface area contributed by atoms with Gasteiger partial charge in [0.1, 0.15) is 6.10 Å². The Morgan fingerprint density at radius 2 is 1.30 bits per heavy atom. The van der Waals surface area contributed by atoms with Crippen molar-refractivity contribution in [1.82, 2.24) is 5.32 Å². The molecule has 1 heterocycles. The van der Waals surface area contributed by atoms with E-state index in [0.29, 0.717) is 0 Å². The lowest BCUT2D eigenvalue weighted by molar-refractivity contribution is -0.0202. The summed E-state index contributed by atoms with van der Waals surface area (Å²) < 4.78 is 6.19. The lowest BCUT2D eigenvalue weighted by Gasteiger charge is -2.32. The summed E-state index contributed by atoms with van der Waals surface area (Å²) in [5, 5.41) is 4.68. The van der Waals surface area contributed by atoms with E-state index in [-0.39, 0.29) is 12.2 Å². The summed E-state index contributed by atoms with van der Waals surface area (Å²) >= 11 is 11.9. The number of nitrogens with one attached hydrogen (secondary N) is 1. The van der Waals surface area contributed by atoms with Crippen molar-refractivity contribution in [2.75, 3.05) is 13.1 Å². The van der Waals surface area contributed by atoms with Crippen molar-refractivity contribution < 1.29 is 4.74 Å². The zero-order valence-corrected chi connectivity index (χ0v) is 12.4. The normalized spacial score (nSPS) is 15.3. The van der Waals surface area contributed by atoms with Crippen LogP contribution in [-0.2, 0) is 4.74 Å². The third-order valence-electron chi connectivity index (χ3n) is 3.42. The molecule has 4 heteroatoms. The third kappa shape index (κ3) is 3.15. The van der Waals surface area contributed by atoms with Gasteiger partial charge in [-0.15, -0.1) is 0 Å². The van der Waals surface area contributed by atoms with Crippen molar-refractivity contribution >= 4 is 23.2 Å². The maximum atomic E-state index is 6.19. The number of rotatable bonds is 4. The second-order valence-corrected chi connectivity index (χ2v) is 5.77. The molecule has 2 nitrogen and oxygen atoms in total. The first-order valence-corrected chi connectivity index (χ1v) is 7.35. The molecule has 0 aliphatic carbocycles. The van der Waals surface area contributed by atoms with Gasteiger partial charge in [-0.05, 0) is 35.4 Å². The molecule has 0 unspecified atom stereocenters. The van der Waals surface area contributed by atoms with Gasteiger partial charge in [0.2, 0.25) is 0 Å². The van der Waals surface area contributed by atoms with Crippen LogP contribution in [0.25, 0.3) is 0 Å². The Morgan fingerprint density at radius 3 is 1.65 bits per heavy atom. The average molecular weight is 308 g/mol. The summed E-state index contributed by atoms with van der Waals surface area (Å²) in [7, 11) is 0. The monoisotopic (exact) mass is 307 g/mol. The Hall–Kier alpha value is -1.06. The number of hydrogen-bond acceptors (Lipinski definition) is 2. The van der Waals surface area contributed by atoms with E-state index in [4.69, 9.17) is 27.9 Å². The van der Waals surface area contributed by atoms with Gasteiger partial charge in [-0.25, -0.2) is 0 Å². The van der Waals surface area contributed by atoms with Gasteiger partial charge in [0, 0.05) is 23.1 Å². The highest BCUT2D eigenvalue weighted by Crippen LogP contribution is 2.29. The zero-order valence-electron chi connectivity index (χ0n) is 10.9. The molecular weight excluding hydrogens is 293 g/mol. The van der Waals surface area contributed by atoms with E-state index >= 15 is 0 Å². The van der Waals surface area contributed by atoms with E-state index in [2.05, 4.69) is 5.32 Å². The average Bonchev–Trinajstić information content (AvgIpc) is 2.41. The molecule has 104 valence electrons. The van der Waals surface area contributed by atoms with Gasteiger partial charge >= 0.3 is 0 Å². The van der Waals surface area contributed by atoms with Crippen LogP contribution in [0.5, 0.6) is 0 Å². The first kappa shape index (κ1) is 13.9. The van der Waals surface area contributed by atoms with Crippen molar-refractivity contribution in [3.63, 3.8) is 0 Å². The van der Waals surface area contributed by atoms with Gasteiger partial charge in [0.25, 0.3) is 0 Å². The van der Waals surface area contributed by atoms with Crippen LogP contribution in [0, 0.1) is 0 Å². The molecule has 0 atom stereocenters. The van der Waals surface area contributed by atoms with E-state index in [1.54, 1.807) is 0 Å². The van der Waals surface area contributed by atoms with Crippen molar-refractivity contribution in [1.29, 1.82) is 0 Å². The van der Waals surface area contributed by atoms with Crippen molar-refractivity contribution in [2.45, 2.75) is 12.2 Å². The van der Waals surface area contributed by atoms with E-state index in [9.17, 15) is 0 Å². The number of ether oxygens (including phenoxy) is 1. The number of benzene rings is 2. The van der Waals surface area contributed by atoms with Crippen LogP contribution in [0.2, 0.25) is 10.0 Å². The molecular formula is C16H15Cl2NO. The third-order valence-corrected chi connectivity index (χ3v) is 3.92. The van der Waals surface area contributed by atoms with E-state index < -0.39 is 0 Å². The summed E-state index contributed by atoms with van der Waals surface area (Å²) in [5.74, 6) is 0. The minimum atomic E-state index is -0.0865. The Morgan fingerprint density at radius 1 is 0.850 bits per heavy atom. The molecule has 0 radical (unpaired) electrons. The van der Waals surface area contributed by atoms with Gasteiger partial charge in [-0.1, -0.05) is 47.5 Å². The SMILES string of the molecule is Clc1ccc(C(OC2CNC2)c2ccc(Cl)cc2)cc1.